The van der Waals surface area contributed by atoms with Crippen LogP contribution in [0.4, 0.5) is 5.69 Å². The van der Waals surface area contributed by atoms with E-state index in [-0.39, 0.29) is 11.9 Å². The molecule has 3 rings (SSSR count). The Kier molecular flexibility index (Phi) is 4.36. The molecule has 0 radical (unpaired) electrons. The monoisotopic (exact) mass is 300 g/mol. The van der Waals surface area contributed by atoms with Gasteiger partial charge in [0.05, 0.1) is 6.04 Å². The normalized spacial score (nSPS) is 20.3. The number of thiophene rings is 1. The fourth-order valence-corrected chi connectivity index (χ4v) is 3.84. The number of carbonyl (C=O) groups excluding carboxylic acids is 1. The molecule has 1 aliphatic rings. The number of hydrogen-bond acceptors (Lipinski definition) is 3. The Bertz CT molecular complexity index is 582. The largest absolute Gasteiger partial charge is 0.325 e. The first kappa shape index (κ1) is 14.3. The number of rotatable bonds is 4. The van der Waals surface area contributed by atoms with E-state index in [4.69, 9.17) is 0 Å². The predicted molar refractivity (Wildman–Crippen MR) is 87.5 cm³/mol. The number of nitrogens with zero attached hydrogens (tertiary/aromatic N) is 1. The van der Waals surface area contributed by atoms with Gasteiger partial charge in [0.25, 0.3) is 0 Å². The van der Waals surface area contributed by atoms with Crippen molar-refractivity contribution >= 4 is 22.9 Å². The quantitative estimate of drug-likeness (QED) is 0.928. The molecule has 1 aromatic carbocycles. The molecule has 1 N–H and O–H groups in total. The maximum atomic E-state index is 12.5. The van der Waals surface area contributed by atoms with Gasteiger partial charge < -0.3 is 5.32 Å². The standard InChI is InChI=1S/C17H20N2OS/c1-13(17(20)18-14-7-3-2-4-8-14)19-11-5-9-15(19)16-10-6-12-21-16/h2-4,6-8,10,12-13,15H,5,9,11H2,1H3,(H,18,20). The summed E-state index contributed by atoms with van der Waals surface area (Å²) in [4.78, 5) is 16.2. The Morgan fingerprint density at radius 2 is 2.10 bits per heavy atom. The van der Waals surface area contributed by atoms with Crippen LogP contribution in [-0.4, -0.2) is 23.4 Å². The number of benzene rings is 1. The molecule has 0 spiro atoms. The predicted octanol–water partition coefficient (Wildman–Crippen LogP) is 3.91. The van der Waals surface area contributed by atoms with Crippen LogP contribution in [0.1, 0.15) is 30.7 Å². The van der Waals surface area contributed by atoms with Crippen molar-refractivity contribution in [3.05, 3.63) is 52.7 Å². The van der Waals surface area contributed by atoms with E-state index in [1.165, 1.54) is 4.88 Å². The topological polar surface area (TPSA) is 32.3 Å². The minimum atomic E-state index is -0.111. The lowest BCUT2D eigenvalue weighted by atomic mass is 10.1. The summed E-state index contributed by atoms with van der Waals surface area (Å²) in [5.41, 5.74) is 0.862. The molecular formula is C17H20N2OS. The van der Waals surface area contributed by atoms with Crippen LogP contribution in [0.3, 0.4) is 0 Å². The van der Waals surface area contributed by atoms with E-state index in [2.05, 4.69) is 27.7 Å². The summed E-state index contributed by atoms with van der Waals surface area (Å²) in [7, 11) is 0. The second kappa shape index (κ2) is 6.41. The first-order chi connectivity index (χ1) is 10.3. The molecule has 1 aromatic heterocycles. The average Bonchev–Trinajstić information content (AvgIpc) is 3.18. The molecule has 2 atom stereocenters. The summed E-state index contributed by atoms with van der Waals surface area (Å²) in [6, 6.07) is 14.2. The third kappa shape index (κ3) is 3.17. The van der Waals surface area contributed by atoms with Crippen molar-refractivity contribution in [1.29, 1.82) is 0 Å². The Hall–Kier alpha value is -1.65. The van der Waals surface area contributed by atoms with E-state index in [0.717, 1.165) is 25.1 Å². The van der Waals surface area contributed by atoms with Crippen LogP contribution in [0.15, 0.2) is 47.8 Å². The van der Waals surface area contributed by atoms with E-state index in [0.29, 0.717) is 6.04 Å². The summed E-state index contributed by atoms with van der Waals surface area (Å²) in [6.45, 7) is 3.00. The zero-order valence-corrected chi connectivity index (χ0v) is 13.0. The third-order valence-corrected chi connectivity index (χ3v) is 5.06. The summed E-state index contributed by atoms with van der Waals surface area (Å²) < 4.78 is 0. The Labute approximate surface area is 129 Å². The molecule has 1 saturated heterocycles. The molecule has 0 bridgehead atoms. The van der Waals surface area contributed by atoms with E-state index in [9.17, 15) is 4.79 Å². The lowest BCUT2D eigenvalue weighted by Gasteiger charge is -2.29. The molecule has 1 amide bonds. The fraction of sp³-hybridized carbons (Fsp3) is 0.353. The molecule has 3 nitrogen and oxygen atoms in total. The number of carbonyl (C=O) groups is 1. The smallest absolute Gasteiger partial charge is 0.241 e. The van der Waals surface area contributed by atoms with Crippen molar-refractivity contribution in [2.24, 2.45) is 0 Å². The number of hydrogen-bond donors (Lipinski definition) is 1. The van der Waals surface area contributed by atoms with Crippen molar-refractivity contribution in [2.45, 2.75) is 31.8 Å². The molecule has 2 heterocycles. The van der Waals surface area contributed by atoms with Crippen LogP contribution in [0.25, 0.3) is 0 Å². The van der Waals surface area contributed by atoms with Gasteiger partial charge >= 0.3 is 0 Å². The molecule has 0 saturated carbocycles. The number of likely N-dealkylation sites (tertiary alicyclic amines) is 1. The highest BCUT2D eigenvalue weighted by Gasteiger charge is 2.33. The molecule has 21 heavy (non-hydrogen) atoms. The van der Waals surface area contributed by atoms with Gasteiger partial charge in [-0.25, -0.2) is 0 Å². The lowest BCUT2D eigenvalue weighted by molar-refractivity contribution is -0.121. The van der Waals surface area contributed by atoms with E-state index in [1.807, 2.05) is 37.3 Å². The lowest BCUT2D eigenvalue weighted by Crippen LogP contribution is -2.41. The molecule has 2 aromatic rings. The Morgan fingerprint density at radius 1 is 1.29 bits per heavy atom. The fourth-order valence-electron chi connectivity index (χ4n) is 2.96. The average molecular weight is 300 g/mol. The van der Waals surface area contributed by atoms with Gasteiger partial charge in [-0.2, -0.15) is 0 Å². The van der Waals surface area contributed by atoms with Gasteiger partial charge in [0, 0.05) is 16.6 Å². The van der Waals surface area contributed by atoms with Gasteiger partial charge in [0.1, 0.15) is 0 Å². The number of para-hydroxylation sites is 1. The third-order valence-electron chi connectivity index (χ3n) is 4.08. The second-order valence-corrected chi connectivity index (χ2v) is 6.42. The Morgan fingerprint density at radius 3 is 2.81 bits per heavy atom. The van der Waals surface area contributed by atoms with Gasteiger partial charge in [-0.1, -0.05) is 24.3 Å². The highest BCUT2D eigenvalue weighted by Crippen LogP contribution is 2.35. The zero-order chi connectivity index (χ0) is 14.7. The Balaban J connectivity index is 1.69. The van der Waals surface area contributed by atoms with Crippen molar-refractivity contribution in [1.82, 2.24) is 4.90 Å². The van der Waals surface area contributed by atoms with Crippen molar-refractivity contribution in [3.63, 3.8) is 0 Å². The second-order valence-electron chi connectivity index (χ2n) is 5.44. The zero-order valence-electron chi connectivity index (χ0n) is 12.2. The van der Waals surface area contributed by atoms with E-state index >= 15 is 0 Å². The first-order valence-corrected chi connectivity index (χ1v) is 8.29. The van der Waals surface area contributed by atoms with Crippen molar-refractivity contribution in [3.8, 4) is 0 Å². The maximum absolute atomic E-state index is 12.5. The molecule has 2 unspecified atom stereocenters. The summed E-state index contributed by atoms with van der Waals surface area (Å²) in [5, 5.41) is 5.12. The number of anilines is 1. The van der Waals surface area contributed by atoms with Crippen LogP contribution < -0.4 is 5.32 Å². The SMILES string of the molecule is CC(C(=O)Nc1ccccc1)N1CCCC1c1cccs1. The van der Waals surface area contributed by atoms with Gasteiger partial charge in [-0.05, 0) is 49.9 Å². The molecule has 110 valence electrons. The van der Waals surface area contributed by atoms with Crippen LogP contribution in [-0.2, 0) is 4.79 Å². The highest BCUT2D eigenvalue weighted by atomic mass is 32.1. The van der Waals surface area contributed by atoms with Crippen LogP contribution in [0.2, 0.25) is 0 Å². The van der Waals surface area contributed by atoms with Crippen molar-refractivity contribution < 1.29 is 4.79 Å². The summed E-state index contributed by atoms with van der Waals surface area (Å²) in [6.07, 6.45) is 2.30. The molecule has 0 aliphatic carbocycles. The van der Waals surface area contributed by atoms with Gasteiger partial charge in [0.2, 0.25) is 5.91 Å². The molecule has 1 aliphatic heterocycles. The van der Waals surface area contributed by atoms with Gasteiger partial charge in [-0.15, -0.1) is 11.3 Å². The van der Waals surface area contributed by atoms with E-state index in [1.54, 1.807) is 11.3 Å². The summed E-state index contributed by atoms with van der Waals surface area (Å²) in [5.74, 6) is 0.0738. The van der Waals surface area contributed by atoms with Crippen LogP contribution >= 0.6 is 11.3 Å². The van der Waals surface area contributed by atoms with Gasteiger partial charge in [0.15, 0.2) is 0 Å². The molecule has 1 fully saturated rings. The summed E-state index contributed by atoms with van der Waals surface area (Å²) >= 11 is 1.78. The minimum Gasteiger partial charge on any atom is -0.325 e. The van der Waals surface area contributed by atoms with Crippen molar-refractivity contribution in [2.75, 3.05) is 11.9 Å². The molecular weight excluding hydrogens is 280 g/mol. The number of amides is 1. The first-order valence-electron chi connectivity index (χ1n) is 7.41. The van der Waals surface area contributed by atoms with E-state index < -0.39 is 0 Å². The van der Waals surface area contributed by atoms with Gasteiger partial charge in [-0.3, -0.25) is 9.69 Å². The number of nitrogens with one attached hydrogen (secondary N) is 1. The van der Waals surface area contributed by atoms with Crippen LogP contribution in [0, 0.1) is 0 Å². The highest BCUT2D eigenvalue weighted by molar-refractivity contribution is 7.10. The van der Waals surface area contributed by atoms with Crippen LogP contribution in [0.5, 0.6) is 0 Å². The minimum absolute atomic E-state index is 0.0738. The maximum Gasteiger partial charge on any atom is 0.241 e. The molecule has 4 heteroatoms.